The van der Waals surface area contributed by atoms with Crippen molar-refractivity contribution >= 4 is 17.2 Å². The molecule has 17 heavy (non-hydrogen) atoms. The topological polar surface area (TPSA) is 50.4 Å². The van der Waals surface area contributed by atoms with Crippen LogP contribution >= 0.6 is 11.3 Å². The minimum absolute atomic E-state index is 0.0176. The highest BCUT2D eigenvalue weighted by molar-refractivity contribution is 7.12. The number of hydrogen-bond donors (Lipinski definition) is 2. The summed E-state index contributed by atoms with van der Waals surface area (Å²) in [6, 6.07) is 2.56. The molecule has 2 N–H and O–H groups in total. The van der Waals surface area contributed by atoms with Crippen molar-refractivity contribution in [2.75, 3.05) is 13.7 Å². The van der Waals surface area contributed by atoms with E-state index in [4.69, 9.17) is 4.74 Å². The SMILES string of the molecule is COc1ccsc1C(=O)NC1CCNC(C)C1. The number of ether oxygens (including phenoxy) is 1. The first-order valence-electron chi connectivity index (χ1n) is 5.86. The smallest absolute Gasteiger partial charge is 0.265 e. The fourth-order valence-corrected chi connectivity index (χ4v) is 2.90. The van der Waals surface area contributed by atoms with Crippen molar-refractivity contribution in [1.82, 2.24) is 10.6 Å². The van der Waals surface area contributed by atoms with E-state index in [1.165, 1.54) is 11.3 Å². The maximum atomic E-state index is 12.1. The summed E-state index contributed by atoms with van der Waals surface area (Å²) in [5.74, 6) is 0.644. The minimum Gasteiger partial charge on any atom is -0.495 e. The fourth-order valence-electron chi connectivity index (χ4n) is 2.14. The molecular weight excluding hydrogens is 236 g/mol. The third-order valence-corrected chi connectivity index (χ3v) is 3.91. The monoisotopic (exact) mass is 254 g/mol. The van der Waals surface area contributed by atoms with Gasteiger partial charge in [0.05, 0.1) is 7.11 Å². The summed E-state index contributed by atoms with van der Waals surface area (Å²) in [6.45, 7) is 3.11. The maximum Gasteiger partial charge on any atom is 0.265 e. The van der Waals surface area contributed by atoms with Crippen molar-refractivity contribution in [3.63, 3.8) is 0 Å². The second-order valence-electron chi connectivity index (χ2n) is 4.37. The average Bonchev–Trinajstić information content (AvgIpc) is 2.77. The van der Waals surface area contributed by atoms with Crippen molar-refractivity contribution in [2.45, 2.75) is 31.8 Å². The fraction of sp³-hybridized carbons (Fsp3) is 0.583. The van der Waals surface area contributed by atoms with Gasteiger partial charge in [-0.05, 0) is 37.8 Å². The molecule has 5 heteroatoms. The molecule has 0 aliphatic carbocycles. The Hall–Kier alpha value is -1.07. The zero-order valence-corrected chi connectivity index (χ0v) is 11.0. The van der Waals surface area contributed by atoms with Crippen LogP contribution in [-0.2, 0) is 0 Å². The largest absolute Gasteiger partial charge is 0.495 e. The maximum absolute atomic E-state index is 12.1. The third kappa shape index (κ3) is 2.98. The molecule has 0 aromatic carbocycles. The highest BCUT2D eigenvalue weighted by atomic mass is 32.1. The van der Waals surface area contributed by atoms with Crippen molar-refractivity contribution in [2.24, 2.45) is 0 Å². The molecule has 1 aliphatic rings. The first-order chi connectivity index (χ1) is 8.20. The second kappa shape index (κ2) is 5.51. The summed E-state index contributed by atoms with van der Waals surface area (Å²) in [5.41, 5.74) is 0. The van der Waals surface area contributed by atoms with Gasteiger partial charge >= 0.3 is 0 Å². The van der Waals surface area contributed by atoms with Crippen LogP contribution < -0.4 is 15.4 Å². The molecule has 4 nitrogen and oxygen atoms in total. The summed E-state index contributed by atoms with van der Waals surface area (Å²) in [6.07, 6.45) is 1.98. The van der Waals surface area contributed by atoms with E-state index >= 15 is 0 Å². The van der Waals surface area contributed by atoms with Gasteiger partial charge < -0.3 is 15.4 Å². The number of thiophene rings is 1. The zero-order valence-electron chi connectivity index (χ0n) is 10.2. The van der Waals surface area contributed by atoms with Gasteiger partial charge in [-0.3, -0.25) is 4.79 Å². The molecule has 0 bridgehead atoms. The molecule has 0 saturated carbocycles. The minimum atomic E-state index is -0.0176. The Morgan fingerprint density at radius 1 is 1.65 bits per heavy atom. The van der Waals surface area contributed by atoms with Crippen LogP contribution in [0.15, 0.2) is 11.4 Å². The van der Waals surface area contributed by atoms with Crippen molar-refractivity contribution < 1.29 is 9.53 Å². The molecule has 2 atom stereocenters. The van der Waals surface area contributed by atoms with Gasteiger partial charge in [-0.1, -0.05) is 0 Å². The summed E-state index contributed by atoms with van der Waals surface area (Å²) in [4.78, 5) is 12.7. The van der Waals surface area contributed by atoms with E-state index in [0.29, 0.717) is 16.7 Å². The van der Waals surface area contributed by atoms with E-state index in [1.807, 2.05) is 11.4 Å². The van der Waals surface area contributed by atoms with Crippen LogP contribution in [0.3, 0.4) is 0 Å². The van der Waals surface area contributed by atoms with Gasteiger partial charge in [0.25, 0.3) is 5.91 Å². The van der Waals surface area contributed by atoms with Crippen LogP contribution in [0.2, 0.25) is 0 Å². The lowest BCUT2D eigenvalue weighted by molar-refractivity contribution is 0.0927. The number of rotatable bonds is 3. The standard InChI is InChI=1S/C12H18N2O2S/c1-8-7-9(3-5-13-8)14-12(15)11-10(16-2)4-6-17-11/h4,6,8-9,13H,3,5,7H2,1-2H3,(H,14,15). The van der Waals surface area contributed by atoms with Gasteiger partial charge in [0.1, 0.15) is 10.6 Å². The van der Waals surface area contributed by atoms with E-state index in [2.05, 4.69) is 17.6 Å². The number of nitrogens with one attached hydrogen (secondary N) is 2. The summed E-state index contributed by atoms with van der Waals surface area (Å²) < 4.78 is 5.15. The van der Waals surface area contributed by atoms with Gasteiger partial charge in [0.15, 0.2) is 0 Å². The molecule has 0 spiro atoms. The summed E-state index contributed by atoms with van der Waals surface area (Å²) in [7, 11) is 1.59. The van der Waals surface area contributed by atoms with Crippen LogP contribution in [0.1, 0.15) is 29.4 Å². The second-order valence-corrected chi connectivity index (χ2v) is 5.28. The Morgan fingerprint density at radius 3 is 3.18 bits per heavy atom. The van der Waals surface area contributed by atoms with E-state index in [1.54, 1.807) is 7.11 Å². The van der Waals surface area contributed by atoms with Crippen LogP contribution in [0.25, 0.3) is 0 Å². The molecule has 2 unspecified atom stereocenters. The third-order valence-electron chi connectivity index (χ3n) is 3.01. The Labute approximate surface area is 105 Å². The lowest BCUT2D eigenvalue weighted by Gasteiger charge is -2.28. The first kappa shape index (κ1) is 12.4. The Kier molecular flexibility index (Phi) is 4.02. The van der Waals surface area contributed by atoms with Gasteiger partial charge in [0, 0.05) is 12.1 Å². The van der Waals surface area contributed by atoms with E-state index < -0.39 is 0 Å². The van der Waals surface area contributed by atoms with E-state index in [-0.39, 0.29) is 11.9 Å². The van der Waals surface area contributed by atoms with E-state index in [0.717, 1.165) is 19.4 Å². The zero-order chi connectivity index (χ0) is 12.3. The van der Waals surface area contributed by atoms with Gasteiger partial charge in [-0.15, -0.1) is 11.3 Å². The molecule has 94 valence electrons. The van der Waals surface area contributed by atoms with Gasteiger partial charge in [0.2, 0.25) is 0 Å². The number of carbonyl (C=O) groups is 1. The number of amides is 1. The predicted molar refractivity (Wildman–Crippen MR) is 68.8 cm³/mol. The lowest BCUT2D eigenvalue weighted by atomic mass is 10.0. The molecule has 0 radical (unpaired) electrons. The molecule has 2 heterocycles. The highest BCUT2D eigenvalue weighted by Gasteiger charge is 2.22. The van der Waals surface area contributed by atoms with Gasteiger partial charge in [-0.2, -0.15) is 0 Å². The summed E-state index contributed by atoms with van der Waals surface area (Å²) in [5, 5.41) is 8.32. The first-order valence-corrected chi connectivity index (χ1v) is 6.74. The number of carbonyl (C=O) groups excluding carboxylic acids is 1. The molecule has 1 saturated heterocycles. The molecular formula is C12H18N2O2S. The number of hydrogen-bond acceptors (Lipinski definition) is 4. The van der Waals surface area contributed by atoms with Crippen molar-refractivity contribution in [1.29, 1.82) is 0 Å². The molecule has 1 aromatic heterocycles. The predicted octanol–water partition coefficient (Wildman–Crippen LogP) is 1.63. The van der Waals surface area contributed by atoms with Crippen molar-refractivity contribution in [3.05, 3.63) is 16.3 Å². The molecule has 1 amide bonds. The summed E-state index contributed by atoms with van der Waals surface area (Å²) >= 11 is 1.42. The average molecular weight is 254 g/mol. The van der Waals surface area contributed by atoms with Gasteiger partial charge in [-0.25, -0.2) is 0 Å². The van der Waals surface area contributed by atoms with Crippen LogP contribution in [-0.4, -0.2) is 31.6 Å². The van der Waals surface area contributed by atoms with E-state index in [9.17, 15) is 4.79 Å². The molecule has 2 rings (SSSR count). The van der Waals surface area contributed by atoms with Crippen LogP contribution in [0.4, 0.5) is 0 Å². The normalized spacial score (nSPS) is 24.4. The lowest BCUT2D eigenvalue weighted by Crippen LogP contribution is -2.46. The molecule has 1 aromatic rings. The number of piperidine rings is 1. The Morgan fingerprint density at radius 2 is 2.47 bits per heavy atom. The molecule has 1 fully saturated rings. The quantitative estimate of drug-likeness (QED) is 0.862. The van der Waals surface area contributed by atoms with Crippen LogP contribution in [0, 0.1) is 0 Å². The highest BCUT2D eigenvalue weighted by Crippen LogP contribution is 2.24. The number of methoxy groups -OCH3 is 1. The Balaban J connectivity index is 1.97. The molecule has 1 aliphatic heterocycles. The Bertz CT molecular complexity index is 392. The van der Waals surface area contributed by atoms with Crippen molar-refractivity contribution in [3.8, 4) is 5.75 Å². The van der Waals surface area contributed by atoms with Crippen LogP contribution in [0.5, 0.6) is 5.75 Å².